The van der Waals surface area contributed by atoms with Gasteiger partial charge in [-0.05, 0) is 32.0 Å². The Morgan fingerprint density at radius 3 is 2.77 bits per heavy atom. The number of aliphatic hydroxyl groups excluding tert-OH is 1. The highest BCUT2D eigenvalue weighted by Gasteiger charge is 2.09. The number of aryl methyl sites for hydroxylation is 1. The fourth-order valence-electron chi connectivity index (χ4n) is 2.14. The van der Waals surface area contributed by atoms with Crippen LogP contribution in [0.4, 0.5) is 0 Å². The number of para-hydroxylation sites is 1. The molecular weight excluding hydrogens is 334 g/mol. The second-order valence-corrected chi connectivity index (χ2v) is 5.82. The number of ether oxygens (including phenoxy) is 2. The summed E-state index contributed by atoms with van der Waals surface area (Å²) in [4.78, 5) is 19.7. The lowest BCUT2D eigenvalue weighted by atomic mass is 10.2. The minimum absolute atomic E-state index is 0.0972. The first-order chi connectivity index (χ1) is 12.5. The maximum absolute atomic E-state index is 11.4. The zero-order chi connectivity index (χ0) is 18.9. The van der Waals surface area contributed by atoms with Crippen molar-refractivity contribution in [2.45, 2.75) is 20.0 Å². The number of aromatic nitrogens is 1. The van der Waals surface area contributed by atoms with Crippen LogP contribution in [0.2, 0.25) is 0 Å². The van der Waals surface area contributed by atoms with Crippen LogP contribution in [0.1, 0.15) is 22.8 Å². The summed E-state index contributed by atoms with van der Waals surface area (Å²) in [6, 6.07) is 10.5. The largest absolute Gasteiger partial charge is 0.487 e. The van der Waals surface area contributed by atoms with Crippen LogP contribution in [-0.2, 0) is 0 Å². The van der Waals surface area contributed by atoms with Gasteiger partial charge >= 0.3 is 0 Å². The van der Waals surface area contributed by atoms with Gasteiger partial charge in [-0.2, -0.15) is 0 Å². The number of aliphatic imine (C=N–C) groups is 1. The third-order valence-corrected chi connectivity index (χ3v) is 3.53. The number of hydrogen-bond donors (Lipinski definition) is 2. The van der Waals surface area contributed by atoms with Crippen molar-refractivity contribution in [2.75, 3.05) is 19.8 Å². The maximum atomic E-state index is 11.4. The fraction of sp³-hybridized carbons (Fsp3) is 0.316. The number of hydrogen-bond acceptors (Lipinski definition) is 6. The zero-order valence-corrected chi connectivity index (χ0v) is 14.9. The molecule has 1 heterocycles. The number of carbonyl (C=O) groups excluding carboxylic acids is 1. The molecule has 1 aromatic heterocycles. The summed E-state index contributed by atoms with van der Waals surface area (Å²) in [5, 5.41) is 9.99. The van der Waals surface area contributed by atoms with E-state index in [1.165, 1.54) is 0 Å². The molecule has 1 atom stereocenters. The Hall–Kier alpha value is -2.93. The summed E-state index contributed by atoms with van der Waals surface area (Å²) in [5.74, 6) is 0.357. The summed E-state index contributed by atoms with van der Waals surface area (Å²) < 4.78 is 11.1. The van der Waals surface area contributed by atoms with Gasteiger partial charge in [0.05, 0.1) is 12.1 Å². The summed E-state index contributed by atoms with van der Waals surface area (Å²) in [5.41, 5.74) is 7.21. The van der Waals surface area contributed by atoms with Crippen LogP contribution >= 0.6 is 0 Å². The van der Waals surface area contributed by atoms with Gasteiger partial charge in [0.15, 0.2) is 0 Å². The SMILES string of the molecule is C/C(COc1ccccc1C(N)=O)=N\CC(O)COc1ncccc1C. The molecule has 0 aliphatic rings. The van der Waals surface area contributed by atoms with Crippen LogP contribution in [0.25, 0.3) is 0 Å². The van der Waals surface area contributed by atoms with E-state index in [-0.39, 0.29) is 19.8 Å². The van der Waals surface area contributed by atoms with Gasteiger partial charge in [-0.15, -0.1) is 0 Å². The molecule has 1 aromatic carbocycles. The van der Waals surface area contributed by atoms with E-state index in [4.69, 9.17) is 15.2 Å². The van der Waals surface area contributed by atoms with Crippen molar-refractivity contribution in [1.29, 1.82) is 0 Å². The lowest BCUT2D eigenvalue weighted by Gasteiger charge is -2.12. The smallest absolute Gasteiger partial charge is 0.252 e. The second-order valence-electron chi connectivity index (χ2n) is 5.82. The Labute approximate surface area is 152 Å². The molecule has 138 valence electrons. The van der Waals surface area contributed by atoms with Crippen LogP contribution in [0, 0.1) is 6.92 Å². The fourth-order valence-corrected chi connectivity index (χ4v) is 2.14. The number of rotatable bonds is 9. The number of aliphatic hydroxyl groups is 1. The molecule has 0 aliphatic heterocycles. The van der Waals surface area contributed by atoms with Crippen molar-refractivity contribution >= 4 is 11.6 Å². The molecular formula is C19H23N3O4. The number of benzene rings is 1. The molecule has 3 N–H and O–H groups in total. The quantitative estimate of drug-likeness (QED) is 0.665. The number of pyridine rings is 1. The molecule has 2 aromatic rings. The van der Waals surface area contributed by atoms with Crippen LogP contribution < -0.4 is 15.2 Å². The number of amides is 1. The van der Waals surface area contributed by atoms with E-state index in [1.807, 2.05) is 19.1 Å². The Morgan fingerprint density at radius 2 is 2.04 bits per heavy atom. The van der Waals surface area contributed by atoms with E-state index < -0.39 is 12.0 Å². The Balaban J connectivity index is 1.81. The first-order valence-electron chi connectivity index (χ1n) is 8.21. The van der Waals surface area contributed by atoms with E-state index >= 15 is 0 Å². The summed E-state index contributed by atoms with van der Waals surface area (Å²) in [6.45, 7) is 4.14. The van der Waals surface area contributed by atoms with Crippen molar-refractivity contribution in [3.05, 3.63) is 53.7 Å². The van der Waals surface area contributed by atoms with E-state index in [1.54, 1.807) is 37.4 Å². The highest BCUT2D eigenvalue weighted by molar-refractivity contribution is 5.95. The van der Waals surface area contributed by atoms with Gasteiger partial charge in [-0.25, -0.2) is 4.98 Å². The first kappa shape index (κ1) is 19.4. The molecule has 2 rings (SSSR count). The van der Waals surface area contributed by atoms with Crippen molar-refractivity contribution in [2.24, 2.45) is 10.7 Å². The Morgan fingerprint density at radius 1 is 1.27 bits per heavy atom. The Kier molecular flexibility index (Phi) is 7.11. The third-order valence-electron chi connectivity index (χ3n) is 3.53. The van der Waals surface area contributed by atoms with Crippen LogP contribution in [0.5, 0.6) is 11.6 Å². The molecule has 0 saturated carbocycles. The average Bonchev–Trinajstić information content (AvgIpc) is 2.64. The molecule has 7 heteroatoms. The second kappa shape index (κ2) is 9.53. The molecule has 0 saturated heterocycles. The molecule has 1 unspecified atom stereocenters. The predicted molar refractivity (Wildman–Crippen MR) is 98.9 cm³/mol. The third kappa shape index (κ3) is 5.86. The topological polar surface area (TPSA) is 107 Å². The standard InChI is InChI=1S/C19H23N3O4/c1-13-6-5-9-21-19(13)26-12-15(23)10-22-14(2)11-25-17-8-4-3-7-16(17)18(20)24/h3-9,15,23H,10-12H2,1-2H3,(H2,20,24)/b22-14+. The number of nitrogens with two attached hydrogens (primary N) is 1. The van der Waals surface area contributed by atoms with Gasteiger partial charge in [-0.1, -0.05) is 18.2 Å². The normalized spacial score (nSPS) is 12.5. The van der Waals surface area contributed by atoms with Crippen molar-refractivity contribution in [1.82, 2.24) is 4.98 Å². The maximum Gasteiger partial charge on any atom is 0.252 e. The van der Waals surface area contributed by atoms with E-state index in [0.717, 1.165) is 5.56 Å². The molecule has 1 amide bonds. The number of carbonyl (C=O) groups is 1. The zero-order valence-electron chi connectivity index (χ0n) is 14.9. The monoisotopic (exact) mass is 357 g/mol. The Bertz CT molecular complexity index is 777. The number of primary amides is 1. The van der Waals surface area contributed by atoms with Crippen molar-refractivity contribution in [3.8, 4) is 11.6 Å². The summed E-state index contributed by atoms with van der Waals surface area (Å²) in [7, 11) is 0. The van der Waals surface area contributed by atoms with E-state index in [2.05, 4.69) is 9.98 Å². The molecule has 0 bridgehead atoms. The summed E-state index contributed by atoms with van der Waals surface area (Å²) >= 11 is 0. The average molecular weight is 357 g/mol. The first-order valence-corrected chi connectivity index (χ1v) is 8.21. The van der Waals surface area contributed by atoms with Gasteiger partial charge in [0, 0.05) is 17.5 Å². The highest BCUT2D eigenvalue weighted by Crippen LogP contribution is 2.17. The van der Waals surface area contributed by atoms with Gasteiger partial charge in [0.2, 0.25) is 5.88 Å². The predicted octanol–water partition coefficient (Wildman–Crippen LogP) is 1.77. The minimum Gasteiger partial charge on any atom is -0.487 e. The van der Waals surface area contributed by atoms with E-state index in [9.17, 15) is 9.90 Å². The van der Waals surface area contributed by atoms with Crippen molar-refractivity contribution in [3.63, 3.8) is 0 Å². The molecule has 0 spiro atoms. The molecule has 7 nitrogen and oxygen atoms in total. The van der Waals surface area contributed by atoms with Crippen LogP contribution in [0.15, 0.2) is 47.6 Å². The number of nitrogens with zero attached hydrogens (tertiary/aromatic N) is 2. The van der Waals surface area contributed by atoms with Crippen LogP contribution in [0.3, 0.4) is 0 Å². The van der Waals surface area contributed by atoms with Gasteiger partial charge in [-0.3, -0.25) is 9.79 Å². The molecule has 0 aliphatic carbocycles. The molecule has 26 heavy (non-hydrogen) atoms. The lowest BCUT2D eigenvalue weighted by Crippen LogP contribution is -2.22. The van der Waals surface area contributed by atoms with Crippen molar-refractivity contribution < 1.29 is 19.4 Å². The molecule has 0 fully saturated rings. The van der Waals surface area contributed by atoms with Gasteiger partial charge in [0.1, 0.15) is 25.1 Å². The van der Waals surface area contributed by atoms with Crippen LogP contribution in [-0.4, -0.2) is 47.6 Å². The minimum atomic E-state index is -0.760. The molecule has 0 radical (unpaired) electrons. The highest BCUT2D eigenvalue weighted by atomic mass is 16.5. The van der Waals surface area contributed by atoms with Gasteiger partial charge in [0.25, 0.3) is 5.91 Å². The van der Waals surface area contributed by atoms with E-state index in [0.29, 0.717) is 22.9 Å². The summed E-state index contributed by atoms with van der Waals surface area (Å²) in [6.07, 6.45) is 0.877. The van der Waals surface area contributed by atoms with Gasteiger partial charge < -0.3 is 20.3 Å². The lowest BCUT2D eigenvalue weighted by molar-refractivity contribution is 0.0997.